The van der Waals surface area contributed by atoms with Crippen LogP contribution in [0.2, 0.25) is 0 Å². The maximum atomic E-state index is 12.2. The first kappa shape index (κ1) is 21.1. The second-order valence-corrected chi connectivity index (χ2v) is 8.17. The van der Waals surface area contributed by atoms with E-state index in [4.69, 9.17) is 9.15 Å². The summed E-state index contributed by atoms with van der Waals surface area (Å²) in [5.74, 6) is 0.472. The van der Waals surface area contributed by atoms with Crippen LogP contribution in [0.15, 0.2) is 74.7 Å². The molecule has 2 aromatic carbocycles. The van der Waals surface area contributed by atoms with Crippen molar-refractivity contribution in [2.24, 2.45) is 4.99 Å². The van der Waals surface area contributed by atoms with Gasteiger partial charge in [-0.05, 0) is 43.7 Å². The Labute approximate surface area is 189 Å². The minimum absolute atomic E-state index is 0.251. The summed E-state index contributed by atoms with van der Waals surface area (Å²) >= 11 is 3.59. The molecule has 6 heteroatoms. The van der Waals surface area contributed by atoms with Crippen molar-refractivity contribution in [1.82, 2.24) is 4.57 Å². The van der Waals surface area contributed by atoms with Crippen molar-refractivity contribution >= 4 is 32.9 Å². The molecule has 5 nitrogen and oxygen atoms in total. The van der Waals surface area contributed by atoms with Gasteiger partial charge in [0.25, 0.3) is 0 Å². The minimum Gasteiger partial charge on any atom is -0.460 e. The molecule has 0 amide bonds. The third-order valence-electron chi connectivity index (χ3n) is 5.27. The predicted molar refractivity (Wildman–Crippen MR) is 125 cm³/mol. The van der Waals surface area contributed by atoms with Crippen LogP contribution >= 0.6 is 15.9 Å². The molecule has 2 aromatic heterocycles. The van der Waals surface area contributed by atoms with Gasteiger partial charge in [0.15, 0.2) is 0 Å². The van der Waals surface area contributed by atoms with Crippen LogP contribution in [0.3, 0.4) is 0 Å². The van der Waals surface area contributed by atoms with Crippen LogP contribution in [0, 0.1) is 13.8 Å². The van der Waals surface area contributed by atoms with Crippen molar-refractivity contribution in [3.05, 3.63) is 87.4 Å². The maximum Gasteiger partial charge on any atom is 0.338 e. The van der Waals surface area contributed by atoms with Gasteiger partial charge in [0.1, 0.15) is 23.4 Å². The molecule has 0 radical (unpaired) electrons. The monoisotopic (exact) mass is 478 g/mol. The summed E-state index contributed by atoms with van der Waals surface area (Å²) in [6, 6.07) is 17.1. The number of furan rings is 1. The van der Waals surface area contributed by atoms with Gasteiger partial charge in [-0.1, -0.05) is 46.3 Å². The van der Waals surface area contributed by atoms with E-state index in [2.05, 4.69) is 27.8 Å². The number of rotatable bonds is 5. The minimum atomic E-state index is -0.329. The molecule has 0 saturated heterocycles. The number of nitrogens with zero attached hydrogens (tertiary/aromatic N) is 2. The summed E-state index contributed by atoms with van der Waals surface area (Å²) in [5, 5.41) is 0.936. The van der Waals surface area contributed by atoms with Crippen molar-refractivity contribution in [1.29, 1.82) is 0 Å². The third-order valence-corrected chi connectivity index (χ3v) is 6.13. The average molecular weight is 479 g/mol. The molecule has 31 heavy (non-hydrogen) atoms. The van der Waals surface area contributed by atoms with Crippen LogP contribution in [0.4, 0.5) is 0 Å². The van der Waals surface area contributed by atoms with Gasteiger partial charge in [-0.3, -0.25) is 4.99 Å². The quantitative estimate of drug-likeness (QED) is 0.347. The Balaban J connectivity index is 1.65. The fourth-order valence-electron chi connectivity index (χ4n) is 3.68. The number of carbonyl (C=O) groups excluding carboxylic acids is 1. The van der Waals surface area contributed by atoms with E-state index in [1.165, 1.54) is 0 Å². The molecular formula is C25H23BrN2O3. The summed E-state index contributed by atoms with van der Waals surface area (Å²) in [7, 11) is 1.76. The van der Waals surface area contributed by atoms with Crippen LogP contribution in [0.25, 0.3) is 22.3 Å². The van der Waals surface area contributed by atoms with Gasteiger partial charge in [-0.15, -0.1) is 0 Å². The van der Waals surface area contributed by atoms with E-state index in [1.807, 2.05) is 60.2 Å². The fourth-order valence-corrected chi connectivity index (χ4v) is 4.05. The number of aromatic nitrogens is 1. The van der Waals surface area contributed by atoms with E-state index >= 15 is 0 Å². The lowest BCUT2D eigenvalue weighted by atomic mass is 10.1. The molecule has 0 unspecified atom stereocenters. The zero-order chi connectivity index (χ0) is 22.0. The van der Waals surface area contributed by atoms with E-state index in [0.29, 0.717) is 12.1 Å². The fraction of sp³-hybridized carbons (Fsp3) is 0.200. The lowest BCUT2D eigenvalue weighted by molar-refractivity contribution is 0.0490. The number of esters is 1. The normalized spacial score (nSPS) is 11.8. The smallest absolute Gasteiger partial charge is 0.338 e. The van der Waals surface area contributed by atoms with Crippen molar-refractivity contribution in [3.63, 3.8) is 0 Å². The van der Waals surface area contributed by atoms with E-state index in [0.717, 1.165) is 43.4 Å². The Morgan fingerprint density at radius 3 is 2.65 bits per heavy atom. The van der Waals surface area contributed by atoms with Gasteiger partial charge < -0.3 is 13.7 Å². The van der Waals surface area contributed by atoms with Crippen LogP contribution in [0.1, 0.15) is 21.5 Å². The number of benzene rings is 2. The van der Waals surface area contributed by atoms with Gasteiger partial charge >= 0.3 is 5.97 Å². The van der Waals surface area contributed by atoms with Crippen molar-refractivity contribution in [3.8, 4) is 11.3 Å². The second kappa shape index (κ2) is 8.94. The number of ether oxygens (including phenoxy) is 1. The summed E-state index contributed by atoms with van der Waals surface area (Å²) in [5.41, 5.74) is 5.30. The highest BCUT2D eigenvalue weighted by molar-refractivity contribution is 9.10. The van der Waals surface area contributed by atoms with Crippen molar-refractivity contribution < 1.29 is 13.9 Å². The molecule has 0 aliphatic carbocycles. The largest absolute Gasteiger partial charge is 0.460 e. The van der Waals surface area contributed by atoms with E-state index < -0.39 is 0 Å². The van der Waals surface area contributed by atoms with Crippen molar-refractivity contribution in [2.45, 2.75) is 20.4 Å². The van der Waals surface area contributed by atoms with Crippen LogP contribution in [-0.4, -0.2) is 24.2 Å². The molecule has 0 bridgehead atoms. The van der Waals surface area contributed by atoms with Gasteiger partial charge in [-0.2, -0.15) is 0 Å². The Morgan fingerprint density at radius 2 is 1.90 bits per heavy atom. The van der Waals surface area contributed by atoms with Gasteiger partial charge in [0.2, 0.25) is 0 Å². The topological polar surface area (TPSA) is 56.7 Å². The molecule has 158 valence electrons. The van der Waals surface area contributed by atoms with Crippen LogP contribution in [0.5, 0.6) is 0 Å². The Kier molecular flexibility index (Phi) is 6.09. The number of halogens is 1. The number of hydrogen-bond donors (Lipinski definition) is 0. The zero-order valence-electron chi connectivity index (χ0n) is 17.7. The standard InChI is InChI=1S/C25H23BrN2O3/c1-16-15-28(12-13-30-25(29)18-8-5-4-6-9-18)24(27-3)20-14-22(31-23(16)20)19-10-7-11-21(26)17(19)2/h4-11,14-15H,12-13H2,1-3H3/b27-24-. The Bertz CT molecular complexity index is 1320. The second-order valence-electron chi connectivity index (χ2n) is 7.32. The number of pyridine rings is 1. The lowest BCUT2D eigenvalue weighted by Gasteiger charge is -2.10. The Morgan fingerprint density at radius 1 is 1.13 bits per heavy atom. The van der Waals surface area contributed by atoms with Gasteiger partial charge in [0.05, 0.1) is 17.5 Å². The van der Waals surface area contributed by atoms with Crippen LogP contribution < -0.4 is 5.49 Å². The van der Waals surface area contributed by atoms with Gasteiger partial charge in [-0.25, -0.2) is 4.79 Å². The highest BCUT2D eigenvalue weighted by Crippen LogP contribution is 2.32. The first-order valence-corrected chi connectivity index (χ1v) is 10.8. The summed E-state index contributed by atoms with van der Waals surface area (Å²) in [6.07, 6.45) is 1.99. The van der Waals surface area contributed by atoms with Gasteiger partial charge in [0, 0.05) is 28.8 Å². The zero-order valence-corrected chi connectivity index (χ0v) is 19.3. The summed E-state index contributed by atoms with van der Waals surface area (Å²) in [6.45, 7) is 4.82. The van der Waals surface area contributed by atoms with E-state index in [9.17, 15) is 4.79 Å². The molecule has 0 aliphatic rings. The predicted octanol–water partition coefficient (Wildman–Crippen LogP) is 5.67. The molecule has 0 fully saturated rings. The van der Waals surface area contributed by atoms with Crippen molar-refractivity contribution in [2.75, 3.05) is 13.7 Å². The highest BCUT2D eigenvalue weighted by atomic mass is 79.9. The molecule has 0 spiro atoms. The average Bonchev–Trinajstić information content (AvgIpc) is 3.22. The number of aryl methyl sites for hydroxylation is 1. The molecule has 0 N–H and O–H groups in total. The number of hydrogen-bond acceptors (Lipinski definition) is 4. The Hall–Kier alpha value is -3.12. The first-order valence-electron chi connectivity index (χ1n) is 10.0. The van der Waals surface area contributed by atoms with E-state index in [-0.39, 0.29) is 12.6 Å². The molecule has 0 aliphatic heterocycles. The lowest BCUT2D eigenvalue weighted by Crippen LogP contribution is -2.24. The molecular weight excluding hydrogens is 456 g/mol. The molecule has 4 rings (SSSR count). The molecule has 0 saturated carbocycles. The molecule has 2 heterocycles. The molecule has 0 atom stereocenters. The number of fused-ring (bicyclic) bond motifs is 1. The summed E-state index contributed by atoms with van der Waals surface area (Å²) < 4.78 is 14.7. The first-order chi connectivity index (χ1) is 15.0. The number of carbonyl (C=O) groups is 1. The molecule has 4 aromatic rings. The highest BCUT2D eigenvalue weighted by Gasteiger charge is 2.15. The third kappa shape index (κ3) is 4.21. The van der Waals surface area contributed by atoms with E-state index in [1.54, 1.807) is 19.2 Å². The summed E-state index contributed by atoms with van der Waals surface area (Å²) in [4.78, 5) is 16.7. The SMILES string of the molecule is C/N=c1/c2cc(-c3cccc(Br)c3C)oc2c(C)cn1CCOC(=O)c1ccccc1. The maximum absolute atomic E-state index is 12.2. The van der Waals surface area contributed by atoms with Crippen LogP contribution in [-0.2, 0) is 11.3 Å².